The number of benzene rings is 2. The first-order valence-corrected chi connectivity index (χ1v) is 37.7. The summed E-state index contributed by atoms with van der Waals surface area (Å²) in [7, 11) is 8.30. The van der Waals surface area contributed by atoms with Gasteiger partial charge in [0.25, 0.3) is 0 Å². The fourth-order valence-electron chi connectivity index (χ4n) is 14.8. The molecular formula is C77H109ClF6N12O13. The maximum absolute atomic E-state index is 15.3. The van der Waals surface area contributed by atoms with Crippen molar-refractivity contribution in [1.29, 1.82) is 0 Å². The van der Waals surface area contributed by atoms with Crippen molar-refractivity contribution in [2.24, 2.45) is 17.8 Å². The highest BCUT2D eigenvalue weighted by Gasteiger charge is 2.51. The van der Waals surface area contributed by atoms with Crippen LogP contribution in [0, 0.1) is 17.8 Å². The van der Waals surface area contributed by atoms with E-state index >= 15 is 19.2 Å². The second kappa shape index (κ2) is 39.8. The Bertz CT molecular complexity index is 3590. The molecule has 0 unspecified atom stereocenters. The number of carbonyl (C=O) groups excluding carboxylic acids is 12. The molecular weight excluding hydrogens is 1450 g/mol. The zero-order valence-electron chi connectivity index (χ0n) is 64.5. The largest absolute Gasteiger partial charge is 0.417 e. The van der Waals surface area contributed by atoms with Gasteiger partial charge in [0.2, 0.25) is 70.9 Å². The van der Waals surface area contributed by atoms with E-state index in [0.717, 1.165) is 74.9 Å². The standard InChI is InChI=1S/C77H109ClF6N12O13/c1-14-22-59(92(12)63(99)46-89(9)72(106)65(49(6)16-3)86-67(101)60(42-48(4)5)91(11)50(7)97)71(105)95(36-15-2)61(44-52-26-30-54(31-27-52)76(79,80)81)70(104)88(8)45-62(98)85-57(33-29-51-28-32-55(56(78)43-51)77(82,83)84)69(103)96-37-21-25-58(96)68(102)87-75(34-19-20-35-75)74(108)93(13)66(53-23-17-18-24-53)73(107)90(10)47-64(100)94-38-40-109-41-39-94/h14-15,26-28,30-32,43,48-49,53,57-61,65-66H,1-2,16-25,29,33-42,44-47H2,3-13H3,(H,85,98)(H,86,101)(H,87,102)/t49-,57+,58-,59-,60-,61-,65-,66-/m0/s1. The van der Waals surface area contributed by atoms with Crippen LogP contribution in [0.1, 0.15) is 147 Å². The molecule has 2 saturated heterocycles. The summed E-state index contributed by atoms with van der Waals surface area (Å²) in [6.07, 6.45) is -2.93. The van der Waals surface area contributed by atoms with Gasteiger partial charge in [-0.05, 0) is 117 Å². The average molecular weight is 1560 g/mol. The van der Waals surface area contributed by atoms with Gasteiger partial charge in [-0.25, -0.2) is 0 Å². The minimum Gasteiger partial charge on any atom is -0.378 e. The molecule has 0 radical (unpaired) electrons. The lowest BCUT2D eigenvalue weighted by Crippen LogP contribution is -2.64. The summed E-state index contributed by atoms with van der Waals surface area (Å²) in [5.74, 6) is -8.82. The van der Waals surface area contributed by atoms with Crippen LogP contribution in [0.2, 0.25) is 5.02 Å². The summed E-state index contributed by atoms with van der Waals surface area (Å²) in [5.41, 5.74) is -3.37. The van der Waals surface area contributed by atoms with Gasteiger partial charge in [-0.2, -0.15) is 26.3 Å². The molecule has 2 saturated carbocycles. The smallest absolute Gasteiger partial charge is 0.378 e. The molecule has 8 atom stereocenters. The second-order valence-corrected chi connectivity index (χ2v) is 30.2. The summed E-state index contributed by atoms with van der Waals surface area (Å²) in [4.78, 5) is 185. The first kappa shape index (κ1) is 89.3. The van der Waals surface area contributed by atoms with E-state index in [0.29, 0.717) is 58.4 Å². The molecule has 2 aromatic carbocycles. The molecule has 604 valence electrons. The van der Waals surface area contributed by atoms with Gasteiger partial charge in [-0.1, -0.05) is 102 Å². The van der Waals surface area contributed by atoms with Gasteiger partial charge in [0.1, 0.15) is 47.8 Å². The second-order valence-electron chi connectivity index (χ2n) is 29.8. The fraction of sp³-hybridized carbons (Fsp3) is 0.636. The zero-order valence-corrected chi connectivity index (χ0v) is 65.3. The van der Waals surface area contributed by atoms with E-state index in [1.54, 1.807) is 18.7 Å². The molecule has 0 aromatic heterocycles. The number of hydrogen-bond acceptors (Lipinski definition) is 13. The number of hydrogen-bond donors (Lipinski definition) is 3. The van der Waals surface area contributed by atoms with E-state index in [-0.39, 0.29) is 99.2 Å². The molecule has 32 heteroatoms. The zero-order chi connectivity index (χ0) is 81.2. The summed E-state index contributed by atoms with van der Waals surface area (Å²) in [5, 5.41) is 7.83. The van der Waals surface area contributed by atoms with E-state index in [9.17, 15) is 64.7 Å². The predicted molar refractivity (Wildman–Crippen MR) is 395 cm³/mol. The third-order valence-corrected chi connectivity index (χ3v) is 21.8. The summed E-state index contributed by atoms with van der Waals surface area (Å²) < 4.78 is 89.1. The van der Waals surface area contributed by atoms with Crippen LogP contribution in [0.15, 0.2) is 67.8 Å². The topological polar surface area (TPSA) is 279 Å². The van der Waals surface area contributed by atoms with E-state index in [2.05, 4.69) is 29.1 Å². The fourth-order valence-corrected chi connectivity index (χ4v) is 15.2. The Morgan fingerprint density at radius 1 is 0.679 bits per heavy atom. The van der Waals surface area contributed by atoms with Gasteiger partial charge < -0.3 is 64.8 Å². The van der Waals surface area contributed by atoms with Crippen molar-refractivity contribution in [3.63, 3.8) is 0 Å². The van der Waals surface area contributed by atoms with Crippen molar-refractivity contribution < 1.29 is 88.6 Å². The highest BCUT2D eigenvalue weighted by molar-refractivity contribution is 6.31. The molecule has 2 heterocycles. The maximum Gasteiger partial charge on any atom is 0.417 e. The van der Waals surface area contributed by atoms with Crippen LogP contribution in [0.5, 0.6) is 0 Å². The molecule has 25 nitrogen and oxygen atoms in total. The van der Waals surface area contributed by atoms with Crippen LogP contribution in [-0.4, -0.2) is 264 Å². The Morgan fingerprint density at radius 2 is 1.28 bits per heavy atom. The van der Waals surface area contributed by atoms with Crippen molar-refractivity contribution in [3.05, 3.63) is 95.1 Å². The van der Waals surface area contributed by atoms with Crippen LogP contribution in [-0.2, 0) is 87.5 Å². The molecule has 2 aliphatic heterocycles. The number of morpholine rings is 1. The number of likely N-dealkylation sites (tertiary alicyclic amines) is 1. The molecule has 0 bridgehead atoms. The van der Waals surface area contributed by atoms with Crippen molar-refractivity contribution in [2.45, 2.75) is 198 Å². The number of halogens is 7. The van der Waals surface area contributed by atoms with Crippen LogP contribution in [0.3, 0.4) is 0 Å². The summed E-state index contributed by atoms with van der Waals surface area (Å²) in [6, 6.07) is -2.34. The Labute approximate surface area is 640 Å². The molecule has 0 spiro atoms. The third-order valence-electron chi connectivity index (χ3n) is 21.5. The number of amides is 12. The Morgan fingerprint density at radius 3 is 1.84 bits per heavy atom. The van der Waals surface area contributed by atoms with Crippen LogP contribution < -0.4 is 16.0 Å². The predicted octanol–water partition coefficient (Wildman–Crippen LogP) is 6.92. The highest BCUT2D eigenvalue weighted by Crippen LogP contribution is 2.39. The number of carbonyl (C=O) groups is 12. The number of likely N-dealkylation sites (N-methyl/N-ethyl adjacent to an activating group) is 6. The number of alkyl halides is 6. The molecule has 2 aromatic rings. The van der Waals surface area contributed by atoms with Crippen LogP contribution in [0.25, 0.3) is 0 Å². The van der Waals surface area contributed by atoms with Crippen molar-refractivity contribution in [1.82, 2.24) is 60.0 Å². The number of nitrogens with one attached hydrogen (secondary N) is 3. The van der Waals surface area contributed by atoms with E-state index in [1.165, 1.54) is 81.0 Å². The first-order chi connectivity index (χ1) is 51.2. The monoisotopic (exact) mass is 1560 g/mol. The SMILES string of the molecule is C=CC[C@@H](C(=O)N(CC=C)[C@@H](Cc1ccc(C(F)(F)F)cc1)C(=O)N(C)CC(=O)N[C@H](CCc1ccc(C(F)(F)F)c(Cl)c1)C(=O)N1CCC[C@H]1C(=O)NC1(C(=O)N(C)[C@H](C(=O)N(C)CC(=O)N2CCOCC2)C2CCCC2)CCCC1)N(C)C(=O)CN(C)C(=O)[C@@H](NC(=O)[C@H](CC(C)C)N(C)C(C)=O)[C@@H](C)CC. The van der Waals surface area contributed by atoms with Crippen molar-refractivity contribution in [2.75, 3.05) is 101 Å². The van der Waals surface area contributed by atoms with Gasteiger partial charge in [-0.15, -0.1) is 13.2 Å². The average Bonchev–Trinajstić information content (AvgIpc) is 1.70. The quantitative estimate of drug-likeness (QED) is 0.0467. The van der Waals surface area contributed by atoms with E-state index in [4.69, 9.17) is 16.3 Å². The number of ether oxygens (including phenoxy) is 1. The molecule has 4 aliphatic rings. The van der Waals surface area contributed by atoms with Crippen molar-refractivity contribution in [3.8, 4) is 0 Å². The van der Waals surface area contributed by atoms with E-state index in [1.807, 2.05) is 13.8 Å². The Hall–Kier alpha value is -8.61. The lowest BCUT2D eigenvalue weighted by Gasteiger charge is -2.40. The van der Waals surface area contributed by atoms with Gasteiger partial charge in [0, 0.05) is 81.8 Å². The molecule has 12 amide bonds. The van der Waals surface area contributed by atoms with Gasteiger partial charge in [0.15, 0.2) is 0 Å². The number of nitrogens with zero attached hydrogens (tertiary/aromatic N) is 9. The van der Waals surface area contributed by atoms with Gasteiger partial charge in [-0.3, -0.25) is 57.5 Å². The lowest BCUT2D eigenvalue weighted by molar-refractivity contribution is -0.153. The summed E-state index contributed by atoms with van der Waals surface area (Å²) >= 11 is 6.15. The number of aryl methyl sites for hydroxylation is 1. The Balaban J connectivity index is 1.28. The van der Waals surface area contributed by atoms with E-state index < -0.39 is 167 Å². The normalized spacial score (nSPS) is 17.8. The molecule has 109 heavy (non-hydrogen) atoms. The van der Waals surface area contributed by atoms with Gasteiger partial charge >= 0.3 is 12.4 Å². The molecule has 6 rings (SSSR count). The minimum atomic E-state index is -4.82. The molecule has 4 fully saturated rings. The van der Waals surface area contributed by atoms with Crippen molar-refractivity contribution >= 4 is 82.5 Å². The third kappa shape index (κ3) is 23.5. The number of rotatable bonds is 35. The first-order valence-electron chi connectivity index (χ1n) is 37.3. The molecule has 3 N–H and O–H groups in total. The summed E-state index contributed by atoms with van der Waals surface area (Å²) in [6.45, 7) is 15.4. The molecule has 2 aliphatic carbocycles. The lowest BCUT2D eigenvalue weighted by atomic mass is 9.90. The Kier molecular flexibility index (Phi) is 32.6. The highest BCUT2D eigenvalue weighted by atomic mass is 35.5. The maximum atomic E-state index is 15.3. The van der Waals surface area contributed by atoms with Crippen LogP contribution >= 0.6 is 11.6 Å². The minimum absolute atomic E-state index is 0.0233. The van der Waals surface area contributed by atoms with Gasteiger partial charge in [0.05, 0.1) is 49.0 Å². The van der Waals surface area contributed by atoms with Crippen LogP contribution in [0.4, 0.5) is 26.3 Å².